The molecule has 3 nitrogen and oxygen atoms in total. The number of hydrogen-bond acceptors (Lipinski definition) is 2. The van der Waals surface area contributed by atoms with E-state index in [1.807, 2.05) is 22.8 Å². The fourth-order valence-electron chi connectivity index (χ4n) is 3.52. The molecule has 112 valence electrons. The van der Waals surface area contributed by atoms with Crippen LogP contribution in [0.5, 0.6) is 0 Å². The lowest BCUT2D eigenvalue weighted by Gasteiger charge is -2.38. The highest BCUT2D eigenvalue weighted by Gasteiger charge is 2.41. The van der Waals surface area contributed by atoms with Gasteiger partial charge in [0.05, 0.1) is 6.20 Å². The number of rotatable bonds is 3. The van der Waals surface area contributed by atoms with E-state index in [0.29, 0.717) is 16.6 Å². The van der Waals surface area contributed by atoms with E-state index in [-0.39, 0.29) is 0 Å². The lowest BCUT2D eigenvalue weighted by Crippen LogP contribution is -2.43. The molecule has 2 heterocycles. The van der Waals surface area contributed by atoms with E-state index in [4.69, 9.17) is 0 Å². The molecule has 0 spiro atoms. The predicted octanol–water partition coefficient (Wildman–Crippen LogP) is 4.30. The normalized spacial score (nSPS) is 12.2. The Bertz CT molecular complexity index is 652. The highest BCUT2D eigenvalue weighted by Crippen LogP contribution is 2.40. The zero-order chi connectivity index (χ0) is 15.6. The van der Waals surface area contributed by atoms with Crippen LogP contribution in [0.15, 0.2) is 24.5 Å². The number of imidazole rings is 1. The SMILES string of the molecule is CC(C)[Si](C#Cc1cnc2cccnn12)(C(C)C)C(C)C. The van der Waals surface area contributed by atoms with Gasteiger partial charge in [-0.3, -0.25) is 0 Å². The fraction of sp³-hybridized carbons (Fsp3) is 0.529. The first-order valence-electron chi connectivity index (χ1n) is 7.71. The first kappa shape index (κ1) is 15.8. The second-order valence-electron chi connectivity index (χ2n) is 6.58. The maximum Gasteiger partial charge on any atom is 0.154 e. The number of nitrogens with zero attached hydrogens (tertiary/aromatic N) is 3. The van der Waals surface area contributed by atoms with Gasteiger partial charge in [-0.25, -0.2) is 9.50 Å². The van der Waals surface area contributed by atoms with Crippen LogP contribution in [-0.2, 0) is 0 Å². The maximum atomic E-state index is 4.37. The van der Waals surface area contributed by atoms with E-state index in [9.17, 15) is 0 Å². The van der Waals surface area contributed by atoms with Crippen LogP contribution >= 0.6 is 0 Å². The molecule has 0 saturated carbocycles. The number of aromatic nitrogens is 3. The average Bonchev–Trinajstić information content (AvgIpc) is 2.82. The maximum absolute atomic E-state index is 4.37. The van der Waals surface area contributed by atoms with Gasteiger partial charge in [0.2, 0.25) is 0 Å². The Morgan fingerprint density at radius 2 is 1.67 bits per heavy atom. The molecule has 0 aromatic carbocycles. The first-order valence-corrected chi connectivity index (χ1v) is 9.94. The van der Waals surface area contributed by atoms with Crippen LogP contribution in [0.1, 0.15) is 47.2 Å². The van der Waals surface area contributed by atoms with Crippen molar-refractivity contribution in [1.82, 2.24) is 14.6 Å². The molecule has 0 fully saturated rings. The van der Waals surface area contributed by atoms with Gasteiger partial charge >= 0.3 is 0 Å². The van der Waals surface area contributed by atoms with Crippen LogP contribution in [-0.4, -0.2) is 22.7 Å². The number of fused-ring (bicyclic) bond motifs is 1. The third-order valence-corrected chi connectivity index (χ3v) is 10.8. The minimum atomic E-state index is -1.70. The highest BCUT2D eigenvalue weighted by molar-refractivity contribution is 6.90. The van der Waals surface area contributed by atoms with E-state index in [2.05, 4.69) is 63.1 Å². The second-order valence-corrected chi connectivity index (χ2v) is 12.2. The fourth-order valence-corrected chi connectivity index (χ4v) is 8.73. The summed E-state index contributed by atoms with van der Waals surface area (Å²) in [6.07, 6.45) is 3.60. The van der Waals surface area contributed by atoms with Crippen molar-refractivity contribution in [2.75, 3.05) is 0 Å². The minimum absolute atomic E-state index is 0.636. The van der Waals surface area contributed by atoms with Crippen molar-refractivity contribution >= 4 is 13.7 Å². The molecule has 0 amide bonds. The summed E-state index contributed by atoms with van der Waals surface area (Å²) in [7, 11) is -1.70. The van der Waals surface area contributed by atoms with Gasteiger partial charge in [-0.2, -0.15) is 5.10 Å². The topological polar surface area (TPSA) is 30.2 Å². The van der Waals surface area contributed by atoms with E-state index in [1.165, 1.54) is 0 Å². The van der Waals surface area contributed by atoms with Crippen LogP contribution in [0.2, 0.25) is 16.6 Å². The molecule has 0 unspecified atom stereocenters. The molecule has 21 heavy (non-hydrogen) atoms. The van der Waals surface area contributed by atoms with Gasteiger partial charge in [0.15, 0.2) is 5.65 Å². The molecule has 2 rings (SSSR count). The van der Waals surface area contributed by atoms with E-state index in [0.717, 1.165) is 11.3 Å². The zero-order valence-electron chi connectivity index (χ0n) is 13.9. The smallest absolute Gasteiger partial charge is 0.154 e. The molecule has 2 aromatic rings. The van der Waals surface area contributed by atoms with Crippen molar-refractivity contribution in [2.24, 2.45) is 0 Å². The van der Waals surface area contributed by atoms with Crippen molar-refractivity contribution in [2.45, 2.75) is 58.2 Å². The van der Waals surface area contributed by atoms with Crippen LogP contribution in [0.4, 0.5) is 0 Å². The third-order valence-electron chi connectivity index (χ3n) is 4.55. The summed E-state index contributed by atoms with van der Waals surface area (Å²) in [4.78, 5) is 4.37. The second kappa shape index (κ2) is 6.03. The lowest BCUT2D eigenvalue weighted by molar-refractivity contribution is 0.838. The summed E-state index contributed by atoms with van der Waals surface area (Å²) in [5.74, 6) is 3.40. The third kappa shape index (κ3) is 2.75. The van der Waals surface area contributed by atoms with Gasteiger partial charge in [0.25, 0.3) is 0 Å². The quantitative estimate of drug-likeness (QED) is 0.625. The van der Waals surface area contributed by atoms with Gasteiger partial charge in [0, 0.05) is 6.20 Å². The van der Waals surface area contributed by atoms with Crippen LogP contribution < -0.4 is 0 Å². The molecule has 0 N–H and O–H groups in total. The van der Waals surface area contributed by atoms with Crippen molar-refractivity contribution in [3.05, 3.63) is 30.2 Å². The van der Waals surface area contributed by atoms with Crippen molar-refractivity contribution in [3.63, 3.8) is 0 Å². The summed E-state index contributed by atoms with van der Waals surface area (Å²) < 4.78 is 1.83. The standard InChI is InChI=1S/C17H25N3Si/c1-13(2)21(14(3)4,15(5)6)11-9-16-12-18-17-8-7-10-19-20(16)17/h7-8,10,12-15H,1-6H3. The molecule has 0 aliphatic rings. The first-order chi connectivity index (χ1) is 9.89. The zero-order valence-corrected chi connectivity index (χ0v) is 14.9. The van der Waals surface area contributed by atoms with Crippen molar-refractivity contribution < 1.29 is 0 Å². The van der Waals surface area contributed by atoms with Crippen molar-refractivity contribution in [1.29, 1.82) is 0 Å². The summed E-state index contributed by atoms with van der Waals surface area (Å²) in [6.45, 7) is 14.0. The highest BCUT2D eigenvalue weighted by atomic mass is 28.3. The molecule has 4 heteroatoms. The molecular weight excluding hydrogens is 274 g/mol. The van der Waals surface area contributed by atoms with E-state index in [1.54, 1.807) is 6.20 Å². The van der Waals surface area contributed by atoms with E-state index < -0.39 is 8.07 Å². The summed E-state index contributed by atoms with van der Waals surface area (Å²) in [5.41, 5.74) is 7.37. The van der Waals surface area contributed by atoms with Crippen LogP contribution in [0.3, 0.4) is 0 Å². The van der Waals surface area contributed by atoms with Gasteiger partial charge in [-0.1, -0.05) is 47.5 Å². The van der Waals surface area contributed by atoms with Gasteiger partial charge in [0.1, 0.15) is 13.8 Å². The van der Waals surface area contributed by atoms with E-state index >= 15 is 0 Å². The molecule has 0 radical (unpaired) electrons. The van der Waals surface area contributed by atoms with Crippen LogP contribution in [0, 0.1) is 11.5 Å². The summed E-state index contributed by atoms with van der Waals surface area (Å²) in [5, 5.41) is 4.34. The Hall–Kier alpha value is -1.60. The molecule has 0 atom stereocenters. The largest absolute Gasteiger partial charge is 0.234 e. The Morgan fingerprint density at radius 3 is 2.24 bits per heavy atom. The number of hydrogen-bond donors (Lipinski definition) is 0. The Morgan fingerprint density at radius 1 is 1.05 bits per heavy atom. The Labute approximate surface area is 128 Å². The minimum Gasteiger partial charge on any atom is -0.234 e. The molecule has 0 aliphatic heterocycles. The molecular formula is C17H25N3Si. The Balaban J connectivity index is 2.52. The van der Waals surface area contributed by atoms with Crippen LogP contribution in [0.25, 0.3) is 5.65 Å². The van der Waals surface area contributed by atoms with Gasteiger partial charge < -0.3 is 0 Å². The van der Waals surface area contributed by atoms with Gasteiger partial charge in [-0.15, -0.1) is 5.54 Å². The summed E-state index contributed by atoms with van der Waals surface area (Å²) >= 11 is 0. The molecule has 2 aromatic heterocycles. The summed E-state index contributed by atoms with van der Waals surface area (Å²) in [6, 6.07) is 3.85. The lowest BCUT2D eigenvalue weighted by atomic mass is 10.5. The average molecular weight is 299 g/mol. The molecule has 0 saturated heterocycles. The van der Waals surface area contributed by atoms with Crippen molar-refractivity contribution in [3.8, 4) is 11.5 Å². The predicted molar refractivity (Wildman–Crippen MR) is 90.9 cm³/mol. The monoisotopic (exact) mass is 299 g/mol. The Kier molecular flexibility index (Phi) is 4.53. The molecule has 0 bridgehead atoms. The van der Waals surface area contributed by atoms with Gasteiger partial charge in [-0.05, 0) is 28.8 Å². The molecule has 0 aliphatic carbocycles.